The Morgan fingerprint density at radius 1 is 0.278 bits per heavy atom. The van der Waals surface area contributed by atoms with Crippen LogP contribution in [0.2, 0.25) is 0 Å². The average Bonchev–Trinajstić information content (AvgIpc) is 3.18. The van der Waals surface area contributed by atoms with E-state index in [0.29, 0.717) is 0 Å². The van der Waals surface area contributed by atoms with Crippen LogP contribution < -0.4 is 0 Å². The third-order valence-electron chi connectivity index (χ3n) is 11.9. The Morgan fingerprint density at radius 2 is 0.630 bits per heavy atom. The van der Waals surface area contributed by atoms with Crippen LogP contribution in [-0.4, -0.2) is 0 Å². The molecule has 0 aliphatic carbocycles. The average molecular weight is 693 g/mol. The molecular formula is C54H44. The maximum atomic E-state index is 2.51. The van der Waals surface area contributed by atoms with Gasteiger partial charge in [-0.2, -0.15) is 0 Å². The third kappa shape index (κ3) is 4.90. The quantitative estimate of drug-likeness (QED) is 0.127. The second-order valence-electron chi connectivity index (χ2n) is 17.3. The summed E-state index contributed by atoms with van der Waals surface area (Å²) in [5.74, 6) is 0. The first-order valence-electron chi connectivity index (χ1n) is 19.4. The number of hydrogen-bond donors (Lipinski definition) is 0. The summed E-state index contributed by atoms with van der Waals surface area (Å²) in [5.41, 5.74) is 13.0. The molecule has 0 spiro atoms. The predicted molar refractivity (Wildman–Crippen MR) is 235 cm³/mol. The summed E-state index contributed by atoms with van der Waals surface area (Å²) in [6, 6.07) is 59.8. The van der Waals surface area contributed by atoms with E-state index in [2.05, 4.69) is 199 Å². The molecule has 0 fully saturated rings. The highest BCUT2D eigenvalue weighted by molar-refractivity contribution is 6.44. The Morgan fingerprint density at radius 3 is 0.981 bits per heavy atom. The van der Waals surface area contributed by atoms with Gasteiger partial charge in [0, 0.05) is 0 Å². The van der Waals surface area contributed by atoms with Gasteiger partial charge in [-0.25, -0.2) is 0 Å². The van der Waals surface area contributed by atoms with Gasteiger partial charge in [0.2, 0.25) is 0 Å². The van der Waals surface area contributed by atoms with Crippen molar-refractivity contribution in [2.75, 3.05) is 0 Å². The second-order valence-corrected chi connectivity index (χ2v) is 17.3. The molecule has 10 aromatic carbocycles. The Hall–Kier alpha value is -5.98. The van der Waals surface area contributed by atoms with E-state index in [9.17, 15) is 0 Å². The van der Waals surface area contributed by atoms with Gasteiger partial charge in [-0.05, 0) is 132 Å². The fourth-order valence-corrected chi connectivity index (χ4v) is 9.18. The SMILES string of the molecule is CC(C)(C)c1ccc(-c2cc3c(-c4ccccc4)c4cccc5c(-c6ccc(C(C)(C)C)cc6)cc6c(-c7ccccc7)c7cccc2c7c3c6c54)cc1. The molecule has 0 saturated heterocycles. The molecule has 0 nitrogen and oxygen atoms in total. The lowest BCUT2D eigenvalue weighted by Gasteiger charge is -2.26. The van der Waals surface area contributed by atoms with Crippen LogP contribution in [0.4, 0.5) is 0 Å². The summed E-state index contributed by atoms with van der Waals surface area (Å²) >= 11 is 0. The van der Waals surface area contributed by atoms with E-state index >= 15 is 0 Å². The van der Waals surface area contributed by atoms with E-state index in [-0.39, 0.29) is 10.8 Å². The molecule has 260 valence electrons. The summed E-state index contributed by atoms with van der Waals surface area (Å²) in [5, 5.41) is 13.3. The van der Waals surface area contributed by atoms with Crippen molar-refractivity contribution in [3.05, 3.63) is 169 Å². The molecule has 0 atom stereocenters. The van der Waals surface area contributed by atoms with Gasteiger partial charge in [0.05, 0.1) is 0 Å². The van der Waals surface area contributed by atoms with E-state index in [0.717, 1.165) is 0 Å². The molecule has 0 aliphatic heterocycles. The van der Waals surface area contributed by atoms with E-state index in [1.165, 1.54) is 109 Å². The van der Waals surface area contributed by atoms with Crippen LogP contribution in [-0.2, 0) is 10.8 Å². The van der Waals surface area contributed by atoms with Crippen molar-refractivity contribution in [1.29, 1.82) is 0 Å². The van der Waals surface area contributed by atoms with E-state index in [4.69, 9.17) is 0 Å². The van der Waals surface area contributed by atoms with Crippen molar-refractivity contribution in [2.45, 2.75) is 52.4 Å². The molecule has 0 heteroatoms. The largest absolute Gasteiger partial charge is 0.0622 e. The molecule has 10 rings (SSSR count). The van der Waals surface area contributed by atoms with Gasteiger partial charge >= 0.3 is 0 Å². The lowest BCUT2D eigenvalue weighted by Crippen LogP contribution is -2.10. The molecule has 0 unspecified atom stereocenters. The minimum atomic E-state index is 0.0878. The molecule has 0 aromatic heterocycles. The van der Waals surface area contributed by atoms with Gasteiger partial charge in [0.15, 0.2) is 0 Å². The third-order valence-corrected chi connectivity index (χ3v) is 11.9. The molecule has 10 aromatic rings. The Labute approximate surface area is 318 Å². The first-order chi connectivity index (χ1) is 26.1. The maximum Gasteiger partial charge on any atom is -0.000696 e. The molecule has 0 heterocycles. The summed E-state index contributed by atoms with van der Waals surface area (Å²) < 4.78 is 0. The van der Waals surface area contributed by atoms with Crippen LogP contribution in [0.5, 0.6) is 0 Å². The molecule has 0 amide bonds. The van der Waals surface area contributed by atoms with E-state index < -0.39 is 0 Å². The van der Waals surface area contributed by atoms with Crippen molar-refractivity contribution in [2.24, 2.45) is 0 Å². The Balaban J connectivity index is 1.44. The lowest BCUT2D eigenvalue weighted by atomic mass is 9.76. The summed E-state index contributed by atoms with van der Waals surface area (Å²) in [6.45, 7) is 13.7. The second kappa shape index (κ2) is 11.8. The van der Waals surface area contributed by atoms with Crippen LogP contribution >= 0.6 is 0 Å². The predicted octanol–water partition coefficient (Wildman–Crippen LogP) is 15.6. The Bertz CT molecular complexity index is 2780. The van der Waals surface area contributed by atoms with Gasteiger partial charge in [-0.3, -0.25) is 0 Å². The van der Waals surface area contributed by atoms with Gasteiger partial charge in [-0.1, -0.05) is 187 Å². The topological polar surface area (TPSA) is 0 Å². The summed E-state index contributed by atoms with van der Waals surface area (Å²) in [7, 11) is 0. The highest BCUT2D eigenvalue weighted by Gasteiger charge is 2.27. The lowest BCUT2D eigenvalue weighted by molar-refractivity contribution is 0.590. The van der Waals surface area contributed by atoms with Gasteiger partial charge < -0.3 is 0 Å². The fourth-order valence-electron chi connectivity index (χ4n) is 9.18. The number of benzene rings is 10. The maximum absolute atomic E-state index is 2.51. The van der Waals surface area contributed by atoms with Gasteiger partial charge in [0.25, 0.3) is 0 Å². The summed E-state index contributed by atoms with van der Waals surface area (Å²) in [4.78, 5) is 0. The fraction of sp³-hybridized carbons (Fsp3) is 0.148. The van der Waals surface area contributed by atoms with E-state index in [1.54, 1.807) is 0 Å². The van der Waals surface area contributed by atoms with Crippen LogP contribution in [0.1, 0.15) is 52.7 Å². The normalized spacial score (nSPS) is 12.6. The van der Waals surface area contributed by atoms with Crippen LogP contribution in [0, 0.1) is 0 Å². The molecule has 0 radical (unpaired) electrons. The zero-order chi connectivity index (χ0) is 36.9. The molecule has 0 aliphatic rings. The molecule has 0 bridgehead atoms. The van der Waals surface area contributed by atoms with Crippen molar-refractivity contribution in [3.8, 4) is 44.5 Å². The first-order valence-corrected chi connectivity index (χ1v) is 19.4. The zero-order valence-corrected chi connectivity index (χ0v) is 32.0. The number of rotatable bonds is 4. The molecular weight excluding hydrogens is 649 g/mol. The number of hydrogen-bond acceptors (Lipinski definition) is 0. The van der Waals surface area contributed by atoms with Crippen LogP contribution in [0.15, 0.2) is 158 Å². The zero-order valence-electron chi connectivity index (χ0n) is 32.0. The van der Waals surface area contributed by atoms with Crippen LogP contribution in [0.25, 0.3) is 98.4 Å². The van der Waals surface area contributed by atoms with Crippen LogP contribution in [0.3, 0.4) is 0 Å². The van der Waals surface area contributed by atoms with Crippen molar-refractivity contribution >= 4 is 53.9 Å². The minimum absolute atomic E-state index is 0.0878. The standard InChI is InChI=1S/C54H44/c1-53(2,3)37-27-23-33(24-28-37)43-31-45-47(35-15-9-7-10-16-35)42-22-14-20-40-44(34-25-29-38(30-26-34)54(4,5)6)32-46-48(36-17-11-8-12-18-36)41-21-13-19-39(43)49(41)51(45)52(46)50(40)42/h7-32H,1-6H3. The van der Waals surface area contributed by atoms with Crippen molar-refractivity contribution in [3.63, 3.8) is 0 Å². The highest BCUT2D eigenvalue weighted by Crippen LogP contribution is 2.54. The molecule has 0 saturated carbocycles. The highest BCUT2D eigenvalue weighted by atomic mass is 14.3. The molecule has 0 N–H and O–H groups in total. The van der Waals surface area contributed by atoms with Crippen molar-refractivity contribution < 1.29 is 0 Å². The smallest absolute Gasteiger partial charge is 0.000696 e. The van der Waals surface area contributed by atoms with Crippen molar-refractivity contribution in [1.82, 2.24) is 0 Å². The monoisotopic (exact) mass is 692 g/mol. The van der Waals surface area contributed by atoms with Gasteiger partial charge in [-0.15, -0.1) is 0 Å². The molecule has 54 heavy (non-hydrogen) atoms. The van der Waals surface area contributed by atoms with E-state index in [1.807, 2.05) is 0 Å². The Kier molecular flexibility index (Phi) is 7.11. The summed E-state index contributed by atoms with van der Waals surface area (Å²) in [6.07, 6.45) is 0. The minimum Gasteiger partial charge on any atom is -0.0622 e. The van der Waals surface area contributed by atoms with Gasteiger partial charge in [0.1, 0.15) is 0 Å². The first kappa shape index (κ1) is 32.7.